The highest BCUT2D eigenvalue weighted by atomic mass is 35.5. The molecule has 0 radical (unpaired) electrons. The van der Waals surface area contributed by atoms with Crippen molar-refractivity contribution in [1.29, 1.82) is 0 Å². The van der Waals surface area contributed by atoms with Gasteiger partial charge in [-0.2, -0.15) is 5.10 Å². The molecule has 2 aromatic rings. The molecule has 1 atom stereocenters. The van der Waals surface area contributed by atoms with Crippen LogP contribution in [-0.2, 0) is 4.79 Å². The Balaban J connectivity index is 0.00000338. The van der Waals surface area contributed by atoms with Crippen molar-refractivity contribution in [2.24, 2.45) is 5.73 Å². The van der Waals surface area contributed by atoms with Gasteiger partial charge in [-0.25, -0.2) is 0 Å². The van der Waals surface area contributed by atoms with Gasteiger partial charge >= 0.3 is 0 Å². The smallest absolute Gasteiger partial charge is 0.251 e. The van der Waals surface area contributed by atoms with E-state index in [0.717, 1.165) is 28.2 Å². The summed E-state index contributed by atoms with van der Waals surface area (Å²) >= 11 is 11.4. The Hall–Kier alpha value is -1.60. The highest BCUT2D eigenvalue weighted by molar-refractivity contribution is 6.44. The molecule has 0 saturated heterocycles. The Kier molecular flexibility index (Phi) is 8.09. The molecular weight excluding hydrogens is 397 g/mol. The molecule has 0 aliphatic heterocycles. The first kappa shape index (κ1) is 22.4. The normalized spacial score (nSPS) is 11.8. The van der Waals surface area contributed by atoms with Crippen LogP contribution in [0.1, 0.15) is 23.4 Å². The van der Waals surface area contributed by atoms with Crippen LogP contribution in [0.5, 0.6) is 0 Å². The van der Waals surface area contributed by atoms with E-state index in [1.807, 2.05) is 26.8 Å². The van der Waals surface area contributed by atoms with Gasteiger partial charge in [0, 0.05) is 22.9 Å². The van der Waals surface area contributed by atoms with Gasteiger partial charge in [0.25, 0.3) is 5.91 Å². The second-order valence-corrected chi connectivity index (χ2v) is 7.12. The lowest BCUT2D eigenvalue weighted by Crippen LogP contribution is -2.30. The number of aromatic amines is 1. The van der Waals surface area contributed by atoms with Crippen LogP contribution in [0.3, 0.4) is 0 Å². The van der Waals surface area contributed by atoms with E-state index in [4.69, 9.17) is 28.9 Å². The van der Waals surface area contributed by atoms with Crippen LogP contribution in [0, 0.1) is 20.8 Å². The van der Waals surface area contributed by atoms with Gasteiger partial charge in [-0.15, -0.1) is 35.6 Å². The number of carbonyl (C=O) groups excluding carboxylic acids is 1. The number of nitrogens with zero attached hydrogens (tertiary/aromatic N) is 2. The van der Waals surface area contributed by atoms with Crippen LogP contribution in [0.2, 0.25) is 0 Å². The number of hydrogen-bond donors (Lipinski definition) is 3. The van der Waals surface area contributed by atoms with Crippen molar-refractivity contribution in [1.82, 2.24) is 15.2 Å². The van der Waals surface area contributed by atoms with E-state index in [0.29, 0.717) is 11.3 Å². The van der Waals surface area contributed by atoms with Crippen molar-refractivity contribution in [2.45, 2.75) is 38.1 Å². The van der Waals surface area contributed by atoms with Crippen LogP contribution in [-0.4, -0.2) is 32.0 Å². The summed E-state index contributed by atoms with van der Waals surface area (Å²) in [7, 11) is 0. The zero-order valence-corrected chi connectivity index (χ0v) is 17.1. The lowest BCUT2D eigenvalue weighted by molar-refractivity contribution is -0.113. The number of halogens is 3. The van der Waals surface area contributed by atoms with Crippen LogP contribution in [0.4, 0.5) is 5.69 Å². The number of hydrogen-bond acceptors (Lipinski definition) is 4. The summed E-state index contributed by atoms with van der Waals surface area (Å²) in [6.07, 6.45) is 1.81. The second-order valence-electron chi connectivity index (χ2n) is 5.96. The Morgan fingerprint density at radius 1 is 1.38 bits per heavy atom. The van der Waals surface area contributed by atoms with Gasteiger partial charge in [0.2, 0.25) is 0 Å². The molecule has 1 amide bonds. The third-order valence-electron chi connectivity index (χ3n) is 3.83. The molecule has 0 unspecified atom stereocenters. The molecule has 0 fully saturated rings. The number of nitrogens with two attached hydrogens (primary N) is 1. The summed E-state index contributed by atoms with van der Waals surface area (Å²) in [4.78, 5) is 15.9. The highest BCUT2D eigenvalue weighted by Gasteiger charge is 2.18. The van der Waals surface area contributed by atoms with Crippen molar-refractivity contribution >= 4 is 47.2 Å². The summed E-state index contributed by atoms with van der Waals surface area (Å²) in [5.74, 6) is -0.339. The average Bonchev–Trinajstić information content (AvgIpc) is 2.86. The van der Waals surface area contributed by atoms with Gasteiger partial charge in [-0.3, -0.25) is 14.9 Å². The first-order valence-corrected chi connectivity index (χ1v) is 8.59. The fourth-order valence-corrected chi connectivity index (χ4v) is 2.67. The lowest BCUT2D eigenvalue weighted by atomic mass is 10.0. The van der Waals surface area contributed by atoms with Gasteiger partial charge in [-0.1, -0.05) is 6.58 Å². The number of aromatic nitrogens is 3. The fourth-order valence-electron chi connectivity index (χ4n) is 2.49. The number of carbonyl (C=O) groups is 1. The number of anilines is 1. The number of pyridine rings is 1. The number of rotatable bonds is 6. The van der Waals surface area contributed by atoms with Gasteiger partial charge < -0.3 is 11.1 Å². The molecular formula is C17H22Cl3N5O. The average molecular weight is 419 g/mol. The van der Waals surface area contributed by atoms with Crippen molar-refractivity contribution in [3.63, 3.8) is 0 Å². The topological polar surface area (TPSA) is 96.7 Å². The number of alkyl halides is 2. The van der Waals surface area contributed by atoms with Gasteiger partial charge in [0.1, 0.15) is 4.84 Å². The molecule has 142 valence electrons. The third-order valence-corrected chi connectivity index (χ3v) is 4.48. The summed E-state index contributed by atoms with van der Waals surface area (Å²) in [5, 5.41) is 9.90. The van der Waals surface area contributed by atoms with Crippen LogP contribution in [0.15, 0.2) is 24.4 Å². The third kappa shape index (κ3) is 5.20. The van der Waals surface area contributed by atoms with E-state index in [2.05, 4.69) is 27.1 Å². The zero-order chi connectivity index (χ0) is 18.7. The van der Waals surface area contributed by atoms with E-state index >= 15 is 0 Å². The minimum Gasteiger partial charge on any atom is -0.325 e. The molecule has 2 heterocycles. The second kappa shape index (κ2) is 9.37. The van der Waals surface area contributed by atoms with E-state index in [1.165, 1.54) is 0 Å². The standard InChI is InChI=1S/C17H21Cl2N5O.ClH/c1-8-5-12(22-17(25)9(2)6-13(20)16(18)19)7-21-15(8)14-10(3)23-24-11(14)4;/h5,7,13,16H,2,6,20H2,1,3-4H3,(H,22,25)(H,23,24);1H/t13-;/m0./s1. The Labute approximate surface area is 169 Å². The van der Waals surface area contributed by atoms with Crippen molar-refractivity contribution < 1.29 is 4.79 Å². The molecule has 0 aliphatic carbocycles. The summed E-state index contributed by atoms with van der Waals surface area (Å²) < 4.78 is 0. The maximum atomic E-state index is 12.2. The molecule has 2 aromatic heterocycles. The Bertz CT molecular complexity index is 784. The van der Waals surface area contributed by atoms with E-state index < -0.39 is 10.9 Å². The SMILES string of the molecule is C=C(C[C@H](N)C(Cl)Cl)C(=O)Nc1cnc(-c2c(C)n[nH]c2C)c(C)c1.Cl. The molecule has 0 aromatic carbocycles. The predicted molar refractivity (Wildman–Crippen MR) is 109 cm³/mol. The van der Waals surface area contributed by atoms with E-state index in [1.54, 1.807) is 6.20 Å². The fraction of sp³-hybridized carbons (Fsp3) is 0.353. The maximum absolute atomic E-state index is 12.2. The predicted octanol–water partition coefficient (Wildman–Crippen LogP) is 3.83. The van der Waals surface area contributed by atoms with E-state index in [9.17, 15) is 4.79 Å². The van der Waals surface area contributed by atoms with Gasteiger partial charge in [0.15, 0.2) is 0 Å². The quantitative estimate of drug-likeness (QED) is 0.490. The summed E-state index contributed by atoms with van der Waals surface area (Å²) in [6.45, 7) is 9.53. The number of aryl methyl sites for hydroxylation is 3. The minimum absolute atomic E-state index is 0. The molecule has 26 heavy (non-hydrogen) atoms. The van der Waals surface area contributed by atoms with Crippen molar-refractivity contribution in [2.75, 3.05) is 5.32 Å². The molecule has 0 bridgehead atoms. The molecule has 2 rings (SSSR count). The highest BCUT2D eigenvalue weighted by Crippen LogP contribution is 2.28. The minimum atomic E-state index is -0.755. The first-order valence-electron chi connectivity index (χ1n) is 7.72. The first-order chi connectivity index (χ1) is 11.7. The summed E-state index contributed by atoms with van der Waals surface area (Å²) in [5.41, 5.74) is 11.2. The van der Waals surface area contributed by atoms with Gasteiger partial charge in [-0.05, 0) is 38.8 Å². The number of H-pyrrole nitrogens is 1. The Morgan fingerprint density at radius 3 is 2.54 bits per heavy atom. The lowest BCUT2D eigenvalue weighted by Gasteiger charge is -2.14. The zero-order valence-electron chi connectivity index (χ0n) is 14.8. The summed E-state index contributed by atoms with van der Waals surface area (Å²) in [6, 6.07) is 1.31. The van der Waals surface area contributed by atoms with Crippen LogP contribution < -0.4 is 11.1 Å². The maximum Gasteiger partial charge on any atom is 0.251 e. The van der Waals surface area contributed by atoms with Crippen LogP contribution in [0.25, 0.3) is 11.3 Å². The molecule has 0 spiro atoms. The van der Waals surface area contributed by atoms with Gasteiger partial charge in [0.05, 0.1) is 23.3 Å². The van der Waals surface area contributed by atoms with Crippen LogP contribution >= 0.6 is 35.6 Å². The van der Waals surface area contributed by atoms with E-state index in [-0.39, 0.29) is 24.7 Å². The molecule has 4 N–H and O–H groups in total. The molecule has 9 heteroatoms. The van der Waals surface area contributed by atoms with Crippen molar-refractivity contribution in [3.05, 3.63) is 41.4 Å². The monoisotopic (exact) mass is 417 g/mol. The number of nitrogens with one attached hydrogen (secondary N) is 2. The molecule has 0 aliphatic rings. The Morgan fingerprint density at radius 2 is 2.04 bits per heavy atom. The molecule has 0 saturated carbocycles. The largest absolute Gasteiger partial charge is 0.325 e. The number of amides is 1. The molecule has 6 nitrogen and oxygen atoms in total. The van der Waals surface area contributed by atoms with Crippen molar-refractivity contribution in [3.8, 4) is 11.3 Å².